The molecular formula is C11H14F2N2O. The molecule has 1 aliphatic heterocycles. The van der Waals surface area contributed by atoms with Crippen molar-refractivity contribution in [1.29, 1.82) is 0 Å². The van der Waals surface area contributed by atoms with Gasteiger partial charge in [0.2, 0.25) is 0 Å². The second kappa shape index (κ2) is 4.08. The molecule has 1 aromatic carbocycles. The third kappa shape index (κ3) is 1.71. The highest BCUT2D eigenvalue weighted by Crippen LogP contribution is 2.38. The highest BCUT2D eigenvalue weighted by Gasteiger charge is 2.44. The summed E-state index contributed by atoms with van der Waals surface area (Å²) in [6.07, 6.45) is 0. The van der Waals surface area contributed by atoms with Gasteiger partial charge in [0.05, 0.1) is 13.2 Å². The van der Waals surface area contributed by atoms with E-state index in [0.717, 1.165) is 18.2 Å². The first-order chi connectivity index (χ1) is 7.59. The molecule has 2 rings (SSSR count). The molecule has 1 heterocycles. The summed E-state index contributed by atoms with van der Waals surface area (Å²) in [6, 6.07) is 2.63. The fraction of sp³-hybridized carbons (Fsp3) is 0.455. The zero-order valence-corrected chi connectivity index (χ0v) is 8.75. The Morgan fingerprint density at radius 3 is 2.56 bits per heavy atom. The van der Waals surface area contributed by atoms with E-state index in [1.54, 1.807) is 0 Å². The molecule has 1 aromatic rings. The maximum Gasteiger partial charge on any atom is 0.128 e. The molecule has 88 valence electrons. The molecule has 1 fully saturated rings. The second-order valence-corrected chi connectivity index (χ2v) is 4.20. The predicted octanol–water partition coefficient (Wildman–Crippen LogP) is 0.940. The maximum absolute atomic E-state index is 13.5. The van der Waals surface area contributed by atoms with Crippen LogP contribution in [0.5, 0.6) is 0 Å². The van der Waals surface area contributed by atoms with Crippen LogP contribution < -0.4 is 11.5 Å². The molecule has 1 aliphatic rings. The zero-order valence-electron chi connectivity index (χ0n) is 8.75. The first kappa shape index (κ1) is 11.4. The van der Waals surface area contributed by atoms with Crippen molar-refractivity contribution < 1.29 is 13.5 Å². The summed E-state index contributed by atoms with van der Waals surface area (Å²) >= 11 is 0. The minimum atomic E-state index is -0.637. The van der Waals surface area contributed by atoms with E-state index in [-0.39, 0.29) is 5.56 Å². The summed E-state index contributed by atoms with van der Waals surface area (Å²) in [5, 5.41) is 0. The van der Waals surface area contributed by atoms with E-state index in [4.69, 9.17) is 16.2 Å². The van der Waals surface area contributed by atoms with Crippen LogP contribution in [0, 0.1) is 17.0 Å². The molecule has 0 aliphatic carbocycles. The van der Waals surface area contributed by atoms with Gasteiger partial charge in [0.1, 0.15) is 11.6 Å². The minimum Gasteiger partial charge on any atom is -0.380 e. The smallest absolute Gasteiger partial charge is 0.128 e. The Morgan fingerprint density at radius 2 is 2.06 bits per heavy atom. The lowest BCUT2D eigenvalue weighted by Gasteiger charge is -2.45. The summed E-state index contributed by atoms with van der Waals surface area (Å²) < 4.78 is 31.6. The highest BCUT2D eigenvalue weighted by molar-refractivity contribution is 5.25. The largest absolute Gasteiger partial charge is 0.380 e. The molecule has 3 nitrogen and oxygen atoms in total. The SMILES string of the molecule is NCC1(C(N)c2cc(F)ccc2F)COC1. The van der Waals surface area contributed by atoms with Gasteiger partial charge >= 0.3 is 0 Å². The van der Waals surface area contributed by atoms with E-state index in [1.165, 1.54) is 0 Å². The number of hydrogen-bond acceptors (Lipinski definition) is 3. The van der Waals surface area contributed by atoms with Crippen LogP contribution in [0.4, 0.5) is 8.78 Å². The van der Waals surface area contributed by atoms with Gasteiger partial charge in [0.15, 0.2) is 0 Å². The van der Waals surface area contributed by atoms with Crippen LogP contribution in [0.2, 0.25) is 0 Å². The van der Waals surface area contributed by atoms with Gasteiger partial charge in [0.25, 0.3) is 0 Å². The Hall–Kier alpha value is -1.04. The Labute approximate surface area is 92.4 Å². The molecule has 1 atom stereocenters. The third-order valence-electron chi connectivity index (χ3n) is 3.14. The van der Waals surface area contributed by atoms with Crippen molar-refractivity contribution in [2.45, 2.75) is 6.04 Å². The third-order valence-corrected chi connectivity index (χ3v) is 3.14. The maximum atomic E-state index is 13.5. The lowest BCUT2D eigenvalue weighted by atomic mass is 9.75. The summed E-state index contributed by atoms with van der Waals surface area (Å²) in [7, 11) is 0. The van der Waals surface area contributed by atoms with Crippen LogP contribution in [0.15, 0.2) is 18.2 Å². The average Bonchev–Trinajstić information content (AvgIpc) is 2.21. The van der Waals surface area contributed by atoms with Gasteiger partial charge in [-0.2, -0.15) is 0 Å². The van der Waals surface area contributed by atoms with Crippen molar-refractivity contribution in [2.75, 3.05) is 19.8 Å². The molecule has 0 bridgehead atoms. The van der Waals surface area contributed by atoms with Gasteiger partial charge in [-0.25, -0.2) is 8.78 Å². The minimum absolute atomic E-state index is 0.161. The van der Waals surface area contributed by atoms with Crippen molar-refractivity contribution in [3.05, 3.63) is 35.4 Å². The van der Waals surface area contributed by atoms with Crippen molar-refractivity contribution in [2.24, 2.45) is 16.9 Å². The van der Waals surface area contributed by atoms with Crippen molar-refractivity contribution in [1.82, 2.24) is 0 Å². The van der Waals surface area contributed by atoms with Gasteiger partial charge in [-0.15, -0.1) is 0 Å². The Balaban J connectivity index is 2.32. The van der Waals surface area contributed by atoms with Crippen LogP contribution in [0.3, 0.4) is 0 Å². The van der Waals surface area contributed by atoms with E-state index < -0.39 is 23.1 Å². The lowest BCUT2D eigenvalue weighted by molar-refractivity contribution is -0.121. The zero-order chi connectivity index (χ0) is 11.8. The molecule has 0 aromatic heterocycles. The molecule has 1 unspecified atom stereocenters. The number of rotatable bonds is 3. The Kier molecular flexibility index (Phi) is 2.92. The second-order valence-electron chi connectivity index (χ2n) is 4.20. The fourth-order valence-corrected chi connectivity index (χ4v) is 1.87. The first-order valence-electron chi connectivity index (χ1n) is 5.07. The summed E-state index contributed by atoms with van der Waals surface area (Å²) in [5.41, 5.74) is 11.3. The van der Waals surface area contributed by atoms with E-state index in [0.29, 0.717) is 19.8 Å². The normalized spacial score (nSPS) is 20.2. The number of benzene rings is 1. The number of hydrogen-bond donors (Lipinski definition) is 2. The van der Waals surface area contributed by atoms with Crippen LogP contribution in [-0.2, 0) is 4.74 Å². The van der Waals surface area contributed by atoms with Crippen molar-refractivity contribution in [3.8, 4) is 0 Å². The molecule has 0 saturated carbocycles. The van der Waals surface area contributed by atoms with E-state index >= 15 is 0 Å². The number of halogens is 2. The Morgan fingerprint density at radius 1 is 1.38 bits per heavy atom. The number of nitrogens with two attached hydrogens (primary N) is 2. The van der Waals surface area contributed by atoms with Crippen LogP contribution in [0.25, 0.3) is 0 Å². The average molecular weight is 228 g/mol. The van der Waals surface area contributed by atoms with Gasteiger partial charge < -0.3 is 16.2 Å². The van der Waals surface area contributed by atoms with Gasteiger partial charge in [0, 0.05) is 23.6 Å². The highest BCUT2D eigenvalue weighted by atomic mass is 19.1. The predicted molar refractivity (Wildman–Crippen MR) is 55.6 cm³/mol. The van der Waals surface area contributed by atoms with Crippen molar-refractivity contribution in [3.63, 3.8) is 0 Å². The molecule has 0 amide bonds. The molecule has 5 heteroatoms. The summed E-state index contributed by atoms with van der Waals surface area (Å²) in [5.74, 6) is -1.01. The molecule has 0 spiro atoms. The van der Waals surface area contributed by atoms with Crippen LogP contribution >= 0.6 is 0 Å². The number of ether oxygens (including phenoxy) is 1. The van der Waals surface area contributed by atoms with E-state index in [2.05, 4.69) is 0 Å². The van der Waals surface area contributed by atoms with Gasteiger partial charge in [-0.05, 0) is 18.2 Å². The summed E-state index contributed by atoms with van der Waals surface area (Å²) in [6.45, 7) is 1.07. The molecule has 1 saturated heterocycles. The van der Waals surface area contributed by atoms with Crippen molar-refractivity contribution >= 4 is 0 Å². The topological polar surface area (TPSA) is 61.3 Å². The molecular weight excluding hydrogens is 214 g/mol. The molecule has 0 radical (unpaired) electrons. The van der Waals surface area contributed by atoms with Crippen LogP contribution in [0.1, 0.15) is 11.6 Å². The van der Waals surface area contributed by atoms with E-state index in [9.17, 15) is 8.78 Å². The van der Waals surface area contributed by atoms with Gasteiger partial charge in [-0.1, -0.05) is 0 Å². The fourth-order valence-electron chi connectivity index (χ4n) is 1.87. The quantitative estimate of drug-likeness (QED) is 0.809. The monoisotopic (exact) mass is 228 g/mol. The summed E-state index contributed by atoms with van der Waals surface area (Å²) in [4.78, 5) is 0. The molecule has 4 N–H and O–H groups in total. The Bertz CT molecular complexity index is 388. The lowest BCUT2D eigenvalue weighted by Crippen LogP contribution is -2.55. The van der Waals surface area contributed by atoms with Gasteiger partial charge in [-0.3, -0.25) is 0 Å². The standard InChI is InChI=1S/C11H14F2N2O/c12-7-1-2-9(13)8(3-7)10(15)11(4-14)5-16-6-11/h1-3,10H,4-6,14-15H2. The van der Waals surface area contributed by atoms with E-state index in [1.807, 2.05) is 0 Å². The first-order valence-corrected chi connectivity index (χ1v) is 5.07. The molecule has 16 heavy (non-hydrogen) atoms. The van der Waals surface area contributed by atoms with Crippen LogP contribution in [-0.4, -0.2) is 19.8 Å².